The Morgan fingerprint density at radius 3 is 2.42 bits per heavy atom. The zero-order valence-electron chi connectivity index (χ0n) is 14.4. The topological polar surface area (TPSA) is 38.3 Å². The number of carbonyl (C=O) groups is 1. The summed E-state index contributed by atoms with van der Waals surface area (Å²) in [4.78, 5) is 12.7. The number of benzene rings is 2. The van der Waals surface area contributed by atoms with E-state index in [0.29, 0.717) is 11.5 Å². The Hall–Kier alpha value is -2.00. The normalized spacial score (nSPS) is 21.2. The van der Waals surface area contributed by atoms with E-state index < -0.39 is 0 Å². The summed E-state index contributed by atoms with van der Waals surface area (Å²) in [5.41, 5.74) is 2.84. The Morgan fingerprint density at radius 1 is 1.17 bits per heavy atom. The standard InChI is InChI=1S/C20H22ClNO2/c1-12-11-15(24-4)9-10-16(12)19(23)22-18-17(20(18,2)3)13-5-7-14(21)8-6-13/h5-11,17-18H,1-4H3,(H,22,23)/t17-,18-/m1/s1. The lowest BCUT2D eigenvalue weighted by Crippen LogP contribution is -2.29. The molecule has 126 valence electrons. The average Bonchev–Trinajstić information content (AvgIpc) is 3.08. The number of ether oxygens (including phenoxy) is 1. The van der Waals surface area contributed by atoms with Crippen molar-refractivity contribution in [1.29, 1.82) is 0 Å². The van der Waals surface area contributed by atoms with Crippen LogP contribution in [-0.4, -0.2) is 19.1 Å². The first-order chi connectivity index (χ1) is 11.3. The summed E-state index contributed by atoms with van der Waals surface area (Å²) < 4.78 is 5.20. The van der Waals surface area contributed by atoms with Crippen molar-refractivity contribution in [1.82, 2.24) is 5.32 Å². The molecule has 24 heavy (non-hydrogen) atoms. The molecule has 0 aliphatic heterocycles. The number of rotatable bonds is 4. The predicted octanol–water partition coefficient (Wildman–Crippen LogP) is 4.58. The van der Waals surface area contributed by atoms with E-state index in [-0.39, 0.29) is 17.4 Å². The highest BCUT2D eigenvalue weighted by Crippen LogP contribution is 2.58. The van der Waals surface area contributed by atoms with Crippen molar-refractivity contribution in [3.8, 4) is 5.75 Å². The van der Waals surface area contributed by atoms with E-state index >= 15 is 0 Å². The highest BCUT2D eigenvalue weighted by molar-refractivity contribution is 6.30. The van der Waals surface area contributed by atoms with E-state index in [2.05, 4.69) is 19.2 Å². The number of aryl methyl sites for hydroxylation is 1. The maximum absolute atomic E-state index is 12.7. The van der Waals surface area contributed by atoms with Crippen molar-refractivity contribution >= 4 is 17.5 Å². The van der Waals surface area contributed by atoms with Gasteiger partial charge in [-0.25, -0.2) is 0 Å². The van der Waals surface area contributed by atoms with Gasteiger partial charge in [-0.1, -0.05) is 37.6 Å². The molecular weight excluding hydrogens is 322 g/mol. The SMILES string of the molecule is COc1ccc(C(=O)N[C@@H]2[C@@H](c3ccc(Cl)cc3)C2(C)C)c(C)c1. The molecule has 0 saturated heterocycles. The smallest absolute Gasteiger partial charge is 0.251 e. The minimum Gasteiger partial charge on any atom is -0.497 e. The zero-order chi connectivity index (χ0) is 17.5. The van der Waals surface area contributed by atoms with Gasteiger partial charge < -0.3 is 10.1 Å². The molecule has 2 aromatic carbocycles. The molecule has 3 nitrogen and oxygen atoms in total. The van der Waals surface area contributed by atoms with Crippen molar-refractivity contribution in [3.63, 3.8) is 0 Å². The molecule has 0 bridgehead atoms. The van der Waals surface area contributed by atoms with E-state index in [1.54, 1.807) is 7.11 Å². The predicted molar refractivity (Wildman–Crippen MR) is 97.0 cm³/mol. The maximum atomic E-state index is 12.7. The third-order valence-electron chi connectivity index (χ3n) is 5.02. The first-order valence-electron chi connectivity index (χ1n) is 8.05. The first-order valence-corrected chi connectivity index (χ1v) is 8.43. The summed E-state index contributed by atoms with van der Waals surface area (Å²) >= 11 is 5.97. The highest BCUT2D eigenvalue weighted by atomic mass is 35.5. The van der Waals surface area contributed by atoms with Crippen LogP contribution in [-0.2, 0) is 0 Å². The van der Waals surface area contributed by atoms with Gasteiger partial charge in [0.05, 0.1) is 7.11 Å². The fraction of sp³-hybridized carbons (Fsp3) is 0.350. The molecule has 1 amide bonds. The minimum atomic E-state index is -0.0373. The third kappa shape index (κ3) is 3.01. The van der Waals surface area contributed by atoms with Crippen LogP contribution in [0.4, 0.5) is 0 Å². The summed E-state index contributed by atoms with van der Waals surface area (Å²) in [6.07, 6.45) is 0. The largest absolute Gasteiger partial charge is 0.497 e. The van der Waals surface area contributed by atoms with Crippen LogP contribution in [0.3, 0.4) is 0 Å². The van der Waals surface area contributed by atoms with Gasteiger partial charge in [-0.3, -0.25) is 4.79 Å². The van der Waals surface area contributed by atoms with Gasteiger partial charge in [0.2, 0.25) is 0 Å². The minimum absolute atomic E-state index is 0.0316. The Bertz CT molecular complexity index is 768. The van der Waals surface area contributed by atoms with Crippen LogP contribution < -0.4 is 10.1 Å². The fourth-order valence-corrected chi connectivity index (χ4v) is 3.56. The molecule has 2 aromatic rings. The monoisotopic (exact) mass is 343 g/mol. The Kier molecular flexibility index (Phi) is 4.31. The molecule has 2 atom stereocenters. The van der Waals surface area contributed by atoms with Crippen LogP contribution in [0.1, 0.15) is 41.3 Å². The Balaban J connectivity index is 1.76. The van der Waals surface area contributed by atoms with E-state index in [9.17, 15) is 4.79 Å². The molecule has 0 spiro atoms. The molecule has 4 heteroatoms. The van der Waals surface area contributed by atoms with Gasteiger partial charge in [0, 0.05) is 22.5 Å². The van der Waals surface area contributed by atoms with Gasteiger partial charge in [0.25, 0.3) is 5.91 Å². The first kappa shape index (κ1) is 16.8. The fourth-order valence-electron chi connectivity index (χ4n) is 3.44. The lowest BCUT2D eigenvalue weighted by Gasteiger charge is -2.10. The maximum Gasteiger partial charge on any atom is 0.251 e. The summed E-state index contributed by atoms with van der Waals surface area (Å²) in [5, 5.41) is 3.92. The lowest BCUT2D eigenvalue weighted by atomic mass is 10.0. The number of halogens is 1. The van der Waals surface area contributed by atoms with Gasteiger partial charge in [-0.15, -0.1) is 0 Å². The molecule has 0 unspecified atom stereocenters. The van der Waals surface area contributed by atoms with Crippen LogP contribution in [0.2, 0.25) is 5.02 Å². The highest BCUT2D eigenvalue weighted by Gasteiger charge is 2.59. The second kappa shape index (κ2) is 6.14. The van der Waals surface area contributed by atoms with Crippen LogP contribution in [0, 0.1) is 12.3 Å². The van der Waals surface area contributed by atoms with Gasteiger partial charge >= 0.3 is 0 Å². The van der Waals surface area contributed by atoms with Crippen molar-refractivity contribution in [3.05, 3.63) is 64.2 Å². The molecule has 0 heterocycles. The van der Waals surface area contributed by atoms with E-state index in [0.717, 1.165) is 16.3 Å². The lowest BCUT2D eigenvalue weighted by molar-refractivity contribution is 0.0945. The number of carbonyl (C=O) groups excluding carboxylic acids is 1. The summed E-state index contributed by atoms with van der Waals surface area (Å²) in [6.45, 7) is 6.28. The Morgan fingerprint density at radius 2 is 1.83 bits per heavy atom. The number of amides is 1. The summed E-state index contributed by atoms with van der Waals surface area (Å²) in [5.74, 6) is 1.02. The summed E-state index contributed by atoms with van der Waals surface area (Å²) in [7, 11) is 1.62. The molecular formula is C20H22ClNO2. The quantitative estimate of drug-likeness (QED) is 0.882. The second-order valence-electron chi connectivity index (χ2n) is 6.98. The van der Waals surface area contributed by atoms with E-state index in [4.69, 9.17) is 16.3 Å². The van der Waals surface area contributed by atoms with E-state index in [1.165, 1.54) is 5.56 Å². The second-order valence-corrected chi connectivity index (χ2v) is 7.42. The molecule has 1 N–H and O–H groups in total. The van der Waals surface area contributed by atoms with Crippen LogP contribution in [0.25, 0.3) is 0 Å². The van der Waals surface area contributed by atoms with Crippen LogP contribution >= 0.6 is 11.6 Å². The molecule has 1 fully saturated rings. The third-order valence-corrected chi connectivity index (χ3v) is 5.27. The van der Waals surface area contributed by atoms with Gasteiger partial charge in [-0.05, 0) is 53.8 Å². The van der Waals surface area contributed by atoms with Gasteiger partial charge in [0.1, 0.15) is 5.75 Å². The molecule has 1 saturated carbocycles. The van der Waals surface area contributed by atoms with Crippen molar-refractivity contribution < 1.29 is 9.53 Å². The average molecular weight is 344 g/mol. The zero-order valence-corrected chi connectivity index (χ0v) is 15.1. The molecule has 1 aliphatic carbocycles. The Labute approximate surface area is 148 Å². The number of hydrogen-bond donors (Lipinski definition) is 1. The molecule has 0 radical (unpaired) electrons. The number of hydrogen-bond acceptors (Lipinski definition) is 2. The van der Waals surface area contributed by atoms with E-state index in [1.807, 2.05) is 49.4 Å². The van der Waals surface area contributed by atoms with Crippen molar-refractivity contribution in [2.75, 3.05) is 7.11 Å². The van der Waals surface area contributed by atoms with Crippen molar-refractivity contribution in [2.24, 2.45) is 5.41 Å². The van der Waals surface area contributed by atoms with Gasteiger partial charge in [-0.2, -0.15) is 0 Å². The molecule has 3 rings (SSSR count). The van der Waals surface area contributed by atoms with Crippen molar-refractivity contribution in [2.45, 2.75) is 32.7 Å². The van der Waals surface area contributed by atoms with Crippen LogP contribution in [0.5, 0.6) is 5.75 Å². The molecule has 1 aliphatic rings. The van der Waals surface area contributed by atoms with Gasteiger partial charge in [0.15, 0.2) is 0 Å². The van der Waals surface area contributed by atoms with Crippen LogP contribution in [0.15, 0.2) is 42.5 Å². The number of methoxy groups -OCH3 is 1. The number of nitrogens with one attached hydrogen (secondary N) is 1. The molecule has 0 aromatic heterocycles. The summed E-state index contributed by atoms with van der Waals surface area (Å²) in [6, 6.07) is 13.5.